The standard InChI is InChI=1S/C24H22N4O5S/c1-2-32-20-10-8-18(9-11-20)27-24(34-16-17-5-3-6-19(13-17)28(30)31)22(14-25)23(29)26-15-21-7-4-12-33-21/h3-13,27H,2,15-16H2,1H3,(H,26,29)/b24-22+. The Kier molecular flexibility index (Phi) is 8.71. The normalized spacial score (nSPS) is 11.2. The largest absolute Gasteiger partial charge is 0.494 e. The highest BCUT2D eigenvalue weighted by molar-refractivity contribution is 8.02. The van der Waals surface area contributed by atoms with E-state index in [1.165, 1.54) is 30.2 Å². The SMILES string of the molecule is CCOc1ccc(N/C(SCc2cccc([N+](=O)[O-])c2)=C(/C#N)C(=O)NCc2ccco2)cc1. The number of nitro groups is 1. The van der Waals surface area contributed by atoms with Gasteiger partial charge in [0.25, 0.3) is 11.6 Å². The number of hydrogen-bond acceptors (Lipinski definition) is 8. The zero-order valence-electron chi connectivity index (χ0n) is 18.3. The first-order chi connectivity index (χ1) is 16.5. The van der Waals surface area contributed by atoms with E-state index in [0.717, 1.165) is 0 Å². The minimum absolute atomic E-state index is 0.0280. The van der Waals surface area contributed by atoms with Gasteiger partial charge >= 0.3 is 0 Å². The van der Waals surface area contributed by atoms with Crippen molar-refractivity contribution in [2.24, 2.45) is 0 Å². The Morgan fingerprint density at radius 1 is 1.21 bits per heavy atom. The molecule has 174 valence electrons. The van der Waals surface area contributed by atoms with Crippen LogP contribution in [0.15, 0.2) is 81.9 Å². The highest BCUT2D eigenvalue weighted by Crippen LogP contribution is 2.28. The van der Waals surface area contributed by atoms with E-state index in [4.69, 9.17) is 9.15 Å². The van der Waals surface area contributed by atoms with Crippen molar-refractivity contribution in [1.82, 2.24) is 5.32 Å². The molecule has 0 unspecified atom stereocenters. The summed E-state index contributed by atoms with van der Waals surface area (Å²) in [7, 11) is 0. The van der Waals surface area contributed by atoms with E-state index in [2.05, 4.69) is 10.6 Å². The maximum Gasteiger partial charge on any atom is 0.269 e. The van der Waals surface area contributed by atoms with Gasteiger partial charge in [0.15, 0.2) is 0 Å². The van der Waals surface area contributed by atoms with Crippen molar-refractivity contribution in [3.05, 3.63) is 99.0 Å². The summed E-state index contributed by atoms with van der Waals surface area (Å²) in [5.74, 6) is 0.979. The Balaban J connectivity index is 1.84. The summed E-state index contributed by atoms with van der Waals surface area (Å²) in [6, 6.07) is 18.7. The molecular weight excluding hydrogens is 456 g/mol. The smallest absolute Gasteiger partial charge is 0.269 e. The molecule has 3 rings (SSSR count). The maximum absolute atomic E-state index is 12.8. The van der Waals surface area contributed by atoms with Crippen molar-refractivity contribution < 1.29 is 18.9 Å². The molecule has 1 amide bonds. The van der Waals surface area contributed by atoms with Gasteiger partial charge < -0.3 is 19.8 Å². The lowest BCUT2D eigenvalue weighted by Crippen LogP contribution is -2.25. The van der Waals surface area contributed by atoms with Crippen molar-refractivity contribution in [3.63, 3.8) is 0 Å². The van der Waals surface area contributed by atoms with Crippen LogP contribution in [0.2, 0.25) is 0 Å². The molecule has 0 aliphatic heterocycles. The zero-order chi connectivity index (χ0) is 24.3. The Morgan fingerprint density at radius 2 is 2.00 bits per heavy atom. The third-order valence-corrected chi connectivity index (χ3v) is 5.57. The van der Waals surface area contributed by atoms with Crippen molar-refractivity contribution in [2.75, 3.05) is 11.9 Å². The van der Waals surface area contributed by atoms with E-state index in [-0.39, 0.29) is 17.8 Å². The molecule has 0 atom stereocenters. The monoisotopic (exact) mass is 478 g/mol. The number of ether oxygens (including phenoxy) is 1. The number of non-ortho nitro benzene ring substituents is 1. The minimum atomic E-state index is -0.570. The Morgan fingerprint density at radius 3 is 2.65 bits per heavy atom. The Hall–Kier alpha value is -4.23. The molecule has 2 aromatic carbocycles. The molecule has 0 saturated carbocycles. The first-order valence-electron chi connectivity index (χ1n) is 10.3. The quantitative estimate of drug-likeness (QED) is 0.171. The van der Waals surface area contributed by atoms with E-state index in [1.807, 2.05) is 13.0 Å². The minimum Gasteiger partial charge on any atom is -0.494 e. The van der Waals surface area contributed by atoms with Crippen LogP contribution >= 0.6 is 11.8 Å². The molecule has 0 aliphatic rings. The molecule has 1 aromatic heterocycles. The lowest BCUT2D eigenvalue weighted by Gasteiger charge is -2.14. The molecular formula is C24H22N4O5S. The van der Waals surface area contributed by atoms with Gasteiger partial charge in [-0.2, -0.15) is 5.26 Å². The summed E-state index contributed by atoms with van der Waals surface area (Å²) >= 11 is 1.20. The lowest BCUT2D eigenvalue weighted by molar-refractivity contribution is -0.384. The molecule has 0 fully saturated rings. The second-order valence-corrected chi connectivity index (χ2v) is 7.86. The number of rotatable bonds is 11. The molecule has 0 spiro atoms. The van der Waals surface area contributed by atoms with Crippen LogP contribution in [0.25, 0.3) is 0 Å². The number of hydrogen-bond donors (Lipinski definition) is 2. The third-order valence-electron chi connectivity index (χ3n) is 4.50. The summed E-state index contributed by atoms with van der Waals surface area (Å²) in [5.41, 5.74) is 1.19. The Bertz CT molecular complexity index is 1200. The van der Waals surface area contributed by atoms with Crippen LogP contribution in [-0.4, -0.2) is 17.4 Å². The number of benzene rings is 2. The maximum atomic E-state index is 12.8. The van der Waals surface area contributed by atoms with Crippen LogP contribution in [0.4, 0.5) is 11.4 Å². The molecule has 0 aliphatic carbocycles. The second kappa shape index (κ2) is 12.1. The van der Waals surface area contributed by atoms with E-state index in [9.17, 15) is 20.2 Å². The fourth-order valence-electron chi connectivity index (χ4n) is 2.89. The average Bonchev–Trinajstić information content (AvgIpc) is 3.37. The predicted molar refractivity (Wildman–Crippen MR) is 129 cm³/mol. The van der Waals surface area contributed by atoms with E-state index in [1.54, 1.807) is 48.5 Å². The zero-order valence-corrected chi connectivity index (χ0v) is 19.1. The summed E-state index contributed by atoms with van der Waals surface area (Å²) in [6.45, 7) is 2.55. The number of amides is 1. The van der Waals surface area contributed by atoms with Gasteiger partial charge in [0, 0.05) is 23.6 Å². The van der Waals surface area contributed by atoms with Gasteiger partial charge in [-0.25, -0.2) is 0 Å². The van der Waals surface area contributed by atoms with Gasteiger partial charge in [-0.3, -0.25) is 14.9 Å². The van der Waals surface area contributed by atoms with Gasteiger partial charge in [0.1, 0.15) is 23.2 Å². The van der Waals surface area contributed by atoms with Crippen LogP contribution in [0.1, 0.15) is 18.2 Å². The number of carbonyl (C=O) groups is 1. The second-order valence-electron chi connectivity index (χ2n) is 6.88. The fraction of sp³-hybridized carbons (Fsp3) is 0.167. The molecule has 3 aromatic rings. The lowest BCUT2D eigenvalue weighted by atomic mass is 10.2. The van der Waals surface area contributed by atoms with E-state index in [0.29, 0.717) is 40.1 Å². The van der Waals surface area contributed by atoms with Crippen molar-refractivity contribution >= 4 is 29.0 Å². The number of anilines is 1. The van der Waals surface area contributed by atoms with Crippen LogP contribution in [0.3, 0.4) is 0 Å². The summed E-state index contributed by atoms with van der Waals surface area (Å²) in [4.78, 5) is 23.4. The number of nitriles is 1. The number of nitrogens with zero attached hydrogens (tertiary/aromatic N) is 2. The van der Waals surface area contributed by atoms with Crippen molar-refractivity contribution in [1.29, 1.82) is 5.26 Å². The number of thioether (sulfide) groups is 1. The van der Waals surface area contributed by atoms with Gasteiger partial charge in [0.05, 0.1) is 29.4 Å². The molecule has 10 heteroatoms. The molecule has 0 radical (unpaired) electrons. The number of furan rings is 1. The summed E-state index contributed by atoms with van der Waals surface area (Å²) in [6.07, 6.45) is 1.50. The van der Waals surface area contributed by atoms with Crippen molar-refractivity contribution in [3.8, 4) is 11.8 Å². The molecule has 9 nitrogen and oxygen atoms in total. The number of nitrogens with one attached hydrogen (secondary N) is 2. The van der Waals surface area contributed by atoms with Gasteiger partial charge in [-0.1, -0.05) is 12.1 Å². The van der Waals surface area contributed by atoms with Gasteiger partial charge in [0.2, 0.25) is 0 Å². The molecule has 0 saturated heterocycles. The van der Waals surface area contributed by atoms with E-state index < -0.39 is 10.8 Å². The molecule has 0 bridgehead atoms. The number of carbonyl (C=O) groups excluding carboxylic acids is 1. The first-order valence-corrected chi connectivity index (χ1v) is 11.3. The predicted octanol–water partition coefficient (Wildman–Crippen LogP) is 4.98. The fourth-order valence-corrected chi connectivity index (χ4v) is 3.86. The summed E-state index contributed by atoms with van der Waals surface area (Å²) in [5, 5.41) is 27.0. The molecule has 34 heavy (non-hydrogen) atoms. The van der Waals surface area contributed by atoms with Crippen LogP contribution < -0.4 is 15.4 Å². The number of nitro benzene ring substituents is 1. The van der Waals surface area contributed by atoms with Gasteiger partial charge in [-0.05, 0) is 48.9 Å². The van der Waals surface area contributed by atoms with E-state index >= 15 is 0 Å². The highest BCUT2D eigenvalue weighted by Gasteiger charge is 2.18. The first kappa shape index (κ1) is 24.4. The summed E-state index contributed by atoms with van der Waals surface area (Å²) < 4.78 is 10.7. The van der Waals surface area contributed by atoms with Crippen LogP contribution in [0.5, 0.6) is 5.75 Å². The topological polar surface area (TPSA) is 130 Å². The van der Waals surface area contributed by atoms with Gasteiger partial charge in [-0.15, -0.1) is 11.8 Å². The highest BCUT2D eigenvalue weighted by atomic mass is 32.2. The van der Waals surface area contributed by atoms with Crippen LogP contribution in [-0.2, 0) is 17.1 Å². The molecule has 2 N–H and O–H groups in total. The third kappa shape index (κ3) is 6.88. The van der Waals surface area contributed by atoms with Crippen molar-refractivity contribution in [2.45, 2.75) is 19.2 Å². The molecule has 1 heterocycles. The van der Waals surface area contributed by atoms with Crippen LogP contribution in [0, 0.1) is 21.4 Å². The average molecular weight is 479 g/mol. The Labute approximate surface area is 200 Å².